The first-order valence-corrected chi connectivity index (χ1v) is 11.0. The van der Waals surface area contributed by atoms with Crippen LogP contribution in [0, 0.1) is 6.92 Å². The van der Waals surface area contributed by atoms with Crippen LogP contribution in [-0.2, 0) is 5.41 Å². The van der Waals surface area contributed by atoms with E-state index in [4.69, 9.17) is 5.11 Å². The van der Waals surface area contributed by atoms with E-state index in [1.807, 2.05) is 26.2 Å². The second-order valence-corrected chi connectivity index (χ2v) is 9.55. The van der Waals surface area contributed by atoms with Crippen LogP contribution in [0.15, 0.2) is 66.7 Å². The van der Waals surface area contributed by atoms with Crippen molar-refractivity contribution in [2.75, 3.05) is 19.0 Å². The number of rotatable bonds is 6. The Hall–Kier alpha value is -3.66. The van der Waals surface area contributed by atoms with E-state index in [2.05, 4.69) is 56.9 Å². The van der Waals surface area contributed by atoms with Crippen molar-refractivity contribution in [1.82, 2.24) is 0 Å². The van der Waals surface area contributed by atoms with E-state index in [0.29, 0.717) is 5.56 Å². The molecule has 3 aromatic rings. The highest BCUT2D eigenvalue weighted by Crippen LogP contribution is 2.40. The first-order valence-electron chi connectivity index (χ1n) is 11.0. The minimum absolute atomic E-state index is 0.103. The second kappa shape index (κ2) is 9.45. The molecular formula is C29H31NO3. The van der Waals surface area contributed by atoms with Gasteiger partial charge in [-0.05, 0) is 64.9 Å². The van der Waals surface area contributed by atoms with Crippen LogP contribution in [0.2, 0.25) is 0 Å². The third-order valence-corrected chi connectivity index (χ3v) is 5.58. The maximum absolute atomic E-state index is 13.2. The Kier molecular flexibility index (Phi) is 6.87. The Morgan fingerprint density at radius 3 is 2.00 bits per heavy atom. The van der Waals surface area contributed by atoms with E-state index < -0.39 is 5.97 Å². The normalized spacial score (nSPS) is 11.6. The molecule has 3 aromatic carbocycles. The molecule has 0 spiro atoms. The molecule has 1 N–H and O–H groups in total. The molecule has 0 heterocycles. The van der Waals surface area contributed by atoms with Crippen LogP contribution in [0.3, 0.4) is 0 Å². The number of allylic oxidation sites excluding steroid dienone is 1. The Bertz CT molecular complexity index is 1200. The number of carbonyl (C=O) groups is 2. The van der Waals surface area contributed by atoms with Crippen molar-refractivity contribution in [1.29, 1.82) is 0 Å². The van der Waals surface area contributed by atoms with Gasteiger partial charge in [0, 0.05) is 25.3 Å². The molecule has 4 nitrogen and oxygen atoms in total. The largest absolute Gasteiger partial charge is 0.478 e. The zero-order valence-electron chi connectivity index (χ0n) is 20.1. The number of hydrogen-bond acceptors (Lipinski definition) is 3. The van der Waals surface area contributed by atoms with Crippen molar-refractivity contribution in [3.05, 3.63) is 94.6 Å². The number of ketones is 1. The standard InChI is InChI=1S/C29H31NO3/c1-19-7-12-21(13-8-19)24-17-23(18-25(30(5)6)27(24)29(2,3)4)26(31)16-11-20-9-14-22(15-10-20)28(32)33/h7-18H,1-6H3,(H,32,33)/b16-11+. The first kappa shape index (κ1) is 24.0. The quantitative estimate of drug-likeness (QED) is 0.345. The number of hydrogen-bond donors (Lipinski definition) is 1. The molecule has 0 radical (unpaired) electrons. The van der Waals surface area contributed by atoms with Gasteiger partial charge in [0.05, 0.1) is 5.56 Å². The average Bonchev–Trinajstić information content (AvgIpc) is 2.76. The van der Waals surface area contributed by atoms with E-state index >= 15 is 0 Å². The molecule has 0 unspecified atom stereocenters. The minimum atomic E-state index is -0.972. The fourth-order valence-corrected chi connectivity index (χ4v) is 3.88. The van der Waals surface area contributed by atoms with Gasteiger partial charge in [0.2, 0.25) is 0 Å². The fourth-order valence-electron chi connectivity index (χ4n) is 3.88. The molecule has 0 fully saturated rings. The summed E-state index contributed by atoms with van der Waals surface area (Å²) in [4.78, 5) is 26.3. The summed E-state index contributed by atoms with van der Waals surface area (Å²) in [7, 11) is 4.00. The maximum atomic E-state index is 13.2. The van der Waals surface area contributed by atoms with Crippen molar-refractivity contribution < 1.29 is 14.7 Å². The van der Waals surface area contributed by atoms with Gasteiger partial charge in [-0.25, -0.2) is 4.79 Å². The molecule has 0 aromatic heterocycles. The van der Waals surface area contributed by atoms with Crippen LogP contribution in [0.25, 0.3) is 17.2 Å². The highest BCUT2D eigenvalue weighted by atomic mass is 16.4. The zero-order chi connectivity index (χ0) is 24.3. The third-order valence-electron chi connectivity index (χ3n) is 5.58. The van der Waals surface area contributed by atoms with Gasteiger partial charge in [0.1, 0.15) is 0 Å². The molecule has 0 aliphatic heterocycles. The van der Waals surface area contributed by atoms with Gasteiger partial charge in [0.15, 0.2) is 5.78 Å². The Morgan fingerprint density at radius 2 is 1.48 bits per heavy atom. The smallest absolute Gasteiger partial charge is 0.335 e. The summed E-state index contributed by atoms with van der Waals surface area (Å²) < 4.78 is 0. The van der Waals surface area contributed by atoms with E-state index in [1.165, 1.54) is 23.3 Å². The Morgan fingerprint density at radius 1 is 0.879 bits per heavy atom. The van der Waals surface area contributed by atoms with E-state index in [1.54, 1.807) is 24.3 Å². The molecule has 0 saturated heterocycles. The predicted molar refractivity (Wildman–Crippen MR) is 136 cm³/mol. The van der Waals surface area contributed by atoms with Crippen molar-refractivity contribution >= 4 is 23.5 Å². The molecule has 4 heteroatoms. The lowest BCUT2D eigenvalue weighted by molar-refractivity contribution is 0.0696. The molecule has 0 saturated carbocycles. The number of carbonyl (C=O) groups excluding carboxylic acids is 1. The molecule has 33 heavy (non-hydrogen) atoms. The van der Waals surface area contributed by atoms with Gasteiger partial charge in [-0.15, -0.1) is 0 Å². The summed E-state index contributed by atoms with van der Waals surface area (Å²) in [6, 6.07) is 18.8. The first-order chi connectivity index (χ1) is 15.5. The number of anilines is 1. The van der Waals surface area contributed by atoms with Gasteiger partial charge in [-0.1, -0.05) is 68.8 Å². The van der Waals surface area contributed by atoms with Gasteiger partial charge >= 0.3 is 5.97 Å². The van der Waals surface area contributed by atoms with Crippen molar-refractivity contribution in [2.24, 2.45) is 0 Å². The van der Waals surface area contributed by atoms with Crippen LogP contribution in [-0.4, -0.2) is 31.0 Å². The van der Waals surface area contributed by atoms with Crippen LogP contribution < -0.4 is 4.90 Å². The maximum Gasteiger partial charge on any atom is 0.335 e. The monoisotopic (exact) mass is 441 g/mol. The summed E-state index contributed by atoms with van der Waals surface area (Å²) >= 11 is 0. The highest BCUT2D eigenvalue weighted by molar-refractivity contribution is 6.08. The zero-order valence-corrected chi connectivity index (χ0v) is 20.1. The number of carboxylic acid groups (broad SMARTS) is 1. The van der Waals surface area contributed by atoms with Crippen molar-refractivity contribution in [2.45, 2.75) is 33.1 Å². The summed E-state index contributed by atoms with van der Waals surface area (Å²) in [6.45, 7) is 8.63. The summed E-state index contributed by atoms with van der Waals surface area (Å²) in [5.41, 5.74) is 7.01. The van der Waals surface area contributed by atoms with Crippen LogP contribution in [0.1, 0.15) is 58.2 Å². The third kappa shape index (κ3) is 5.58. The number of aromatic carboxylic acids is 1. The van der Waals surface area contributed by atoms with Crippen LogP contribution in [0.4, 0.5) is 5.69 Å². The SMILES string of the molecule is Cc1ccc(-c2cc(C(=O)/C=C/c3ccc(C(=O)O)cc3)cc(N(C)C)c2C(C)(C)C)cc1. The highest BCUT2D eigenvalue weighted by Gasteiger charge is 2.25. The average molecular weight is 442 g/mol. The van der Waals surface area contributed by atoms with E-state index in [9.17, 15) is 9.59 Å². The Balaban J connectivity index is 2.08. The number of benzene rings is 3. The molecule has 170 valence electrons. The summed E-state index contributed by atoms with van der Waals surface area (Å²) in [5, 5.41) is 9.05. The van der Waals surface area contributed by atoms with E-state index in [0.717, 1.165) is 22.4 Å². The molecule has 0 atom stereocenters. The minimum Gasteiger partial charge on any atom is -0.478 e. The van der Waals surface area contributed by atoms with Crippen LogP contribution >= 0.6 is 0 Å². The summed E-state index contributed by atoms with van der Waals surface area (Å²) in [6.07, 6.45) is 3.26. The molecular weight excluding hydrogens is 410 g/mol. The van der Waals surface area contributed by atoms with Crippen molar-refractivity contribution in [3.63, 3.8) is 0 Å². The molecule has 0 aliphatic rings. The predicted octanol–water partition coefficient (Wildman–Crippen LogP) is 6.62. The second-order valence-electron chi connectivity index (χ2n) is 9.55. The molecule has 3 rings (SSSR count). The number of aryl methyl sites for hydroxylation is 1. The van der Waals surface area contributed by atoms with Crippen molar-refractivity contribution in [3.8, 4) is 11.1 Å². The fraction of sp³-hybridized carbons (Fsp3) is 0.241. The lowest BCUT2D eigenvalue weighted by atomic mass is 9.79. The topological polar surface area (TPSA) is 57.6 Å². The lowest BCUT2D eigenvalue weighted by Crippen LogP contribution is -2.21. The number of carboxylic acids is 1. The van der Waals surface area contributed by atoms with Gasteiger partial charge in [-0.3, -0.25) is 4.79 Å². The summed E-state index contributed by atoms with van der Waals surface area (Å²) in [5.74, 6) is -1.07. The molecule has 0 amide bonds. The molecule has 0 aliphatic carbocycles. The number of nitrogens with zero attached hydrogens (tertiary/aromatic N) is 1. The van der Waals surface area contributed by atoms with Gasteiger partial charge in [0.25, 0.3) is 0 Å². The van der Waals surface area contributed by atoms with Gasteiger partial charge < -0.3 is 10.0 Å². The van der Waals surface area contributed by atoms with Gasteiger partial charge in [-0.2, -0.15) is 0 Å². The lowest BCUT2D eigenvalue weighted by Gasteiger charge is -2.30. The molecule has 0 bridgehead atoms. The van der Waals surface area contributed by atoms with Crippen LogP contribution in [0.5, 0.6) is 0 Å². The van der Waals surface area contributed by atoms with E-state index in [-0.39, 0.29) is 16.8 Å². The Labute approximate surface area is 196 Å².